The molecule has 0 aromatic heterocycles. The van der Waals surface area contributed by atoms with E-state index in [9.17, 15) is 80.2 Å². The van der Waals surface area contributed by atoms with Gasteiger partial charge in [-0.15, -0.1) is 0 Å². The van der Waals surface area contributed by atoms with Crippen LogP contribution in [0.15, 0.2) is 30.3 Å². The van der Waals surface area contributed by atoms with E-state index in [0.29, 0.717) is 10.9 Å². The number of ether oxygens (including phenoxy) is 1. The number of rotatable bonds is 13. The number of nitrogens with one attached hydrogen (secondary N) is 1. The molecule has 0 aliphatic carbocycles. The van der Waals surface area contributed by atoms with Crippen molar-refractivity contribution in [2.24, 2.45) is 0 Å². The number of alkyl halides is 15. The lowest BCUT2D eigenvalue weighted by atomic mass is 9.90. The molecule has 0 spiro atoms. The number of carboxylic acids is 1. The molecule has 234 valence electrons. The van der Waals surface area contributed by atoms with Crippen molar-refractivity contribution in [2.45, 2.75) is 67.2 Å². The normalized spacial score (nSPS) is 14.8. The lowest BCUT2D eigenvalue weighted by molar-refractivity contribution is -0.449. The number of carboxylic acid groups (broad SMARTS) is 1. The van der Waals surface area contributed by atoms with E-state index in [0.717, 1.165) is 0 Å². The van der Waals surface area contributed by atoms with Gasteiger partial charge in [0.15, 0.2) is 0 Å². The van der Waals surface area contributed by atoms with Crippen LogP contribution in [0.25, 0.3) is 0 Å². The molecule has 1 amide bonds. The van der Waals surface area contributed by atoms with Crippen molar-refractivity contribution in [3.63, 3.8) is 0 Å². The molecule has 1 aromatic rings. The van der Waals surface area contributed by atoms with Gasteiger partial charge in [0.25, 0.3) is 5.91 Å². The van der Waals surface area contributed by atoms with E-state index in [2.05, 4.69) is 4.74 Å². The lowest BCUT2D eigenvalue weighted by Crippen LogP contribution is -2.74. The largest absolute Gasteiger partial charge is 0.480 e. The van der Waals surface area contributed by atoms with Gasteiger partial charge < -0.3 is 15.2 Å². The molecule has 0 heterocycles. The molecular formula is C20H14F15NO5. The Kier molecular flexibility index (Phi) is 9.95. The summed E-state index contributed by atoms with van der Waals surface area (Å²) in [5.74, 6) is -57.0. The minimum Gasteiger partial charge on any atom is -0.480 e. The van der Waals surface area contributed by atoms with E-state index in [-0.39, 0.29) is 0 Å². The molecule has 0 saturated heterocycles. The highest BCUT2D eigenvalue weighted by molar-refractivity contribution is 5.89. The van der Waals surface area contributed by atoms with Gasteiger partial charge >= 0.3 is 53.7 Å². The first-order chi connectivity index (χ1) is 18.2. The predicted octanol–water partition coefficient (Wildman–Crippen LogP) is 5.45. The van der Waals surface area contributed by atoms with Crippen molar-refractivity contribution in [3.05, 3.63) is 35.9 Å². The van der Waals surface area contributed by atoms with Gasteiger partial charge in [0.2, 0.25) is 0 Å². The fourth-order valence-electron chi connectivity index (χ4n) is 2.69. The van der Waals surface area contributed by atoms with Crippen LogP contribution in [-0.4, -0.2) is 70.7 Å². The predicted molar refractivity (Wildman–Crippen MR) is 101 cm³/mol. The number of hydrogen-bond donors (Lipinski definition) is 2. The summed E-state index contributed by atoms with van der Waals surface area (Å²) in [6, 6.07) is 4.57. The quantitative estimate of drug-likeness (QED) is 0.223. The SMILES string of the molecule is O=C(CCC(NC(=O)C(F)(F)C(F)(F)C(F)(F)C(F)(F)C(F)(F)C(F)(F)C(F)(F)F)C(=O)O)OCc1ccccc1. The first kappa shape index (κ1) is 35.6. The summed E-state index contributed by atoms with van der Waals surface area (Å²) in [5, 5.41) is 9.36. The molecule has 0 aliphatic heterocycles. The summed E-state index contributed by atoms with van der Waals surface area (Å²) < 4.78 is 203. The Bertz CT molecular complexity index is 1110. The number of carbonyl (C=O) groups is 3. The Morgan fingerprint density at radius 1 is 0.707 bits per heavy atom. The van der Waals surface area contributed by atoms with Crippen LogP contribution in [0.4, 0.5) is 65.9 Å². The molecule has 1 aromatic carbocycles. The van der Waals surface area contributed by atoms with Crippen molar-refractivity contribution in [3.8, 4) is 0 Å². The van der Waals surface area contributed by atoms with Gasteiger partial charge in [-0.1, -0.05) is 30.3 Å². The number of aliphatic carboxylic acids is 1. The Morgan fingerprint density at radius 3 is 1.59 bits per heavy atom. The van der Waals surface area contributed by atoms with Crippen LogP contribution in [-0.2, 0) is 25.7 Å². The molecule has 1 unspecified atom stereocenters. The average molecular weight is 633 g/mol. The highest BCUT2D eigenvalue weighted by Gasteiger charge is 2.94. The zero-order valence-corrected chi connectivity index (χ0v) is 19.3. The van der Waals surface area contributed by atoms with Gasteiger partial charge in [-0.2, -0.15) is 65.9 Å². The van der Waals surface area contributed by atoms with Gasteiger partial charge in [0.05, 0.1) is 0 Å². The summed E-state index contributed by atoms with van der Waals surface area (Å²) >= 11 is 0. The van der Waals surface area contributed by atoms with Gasteiger partial charge in [-0.05, 0) is 12.0 Å². The second-order valence-corrected chi connectivity index (χ2v) is 7.99. The first-order valence-electron chi connectivity index (χ1n) is 10.3. The minimum atomic E-state index is -8.61. The number of carbonyl (C=O) groups excluding carboxylic acids is 2. The van der Waals surface area contributed by atoms with Crippen molar-refractivity contribution < 1.29 is 90.1 Å². The maximum Gasteiger partial charge on any atom is 0.460 e. The minimum absolute atomic E-state index is 0.377. The van der Waals surface area contributed by atoms with Crippen LogP contribution in [0, 0.1) is 0 Å². The van der Waals surface area contributed by atoms with E-state index in [1.54, 1.807) is 6.07 Å². The van der Waals surface area contributed by atoms with E-state index in [4.69, 9.17) is 5.11 Å². The third-order valence-electron chi connectivity index (χ3n) is 5.10. The van der Waals surface area contributed by atoms with Gasteiger partial charge in [0.1, 0.15) is 12.6 Å². The molecule has 0 saturated carbocycles. The summed E-state index contributed by atoms with van der Waals surface area (Å²) in [6.45, 7) is -0.435. The fraction of sp³-hybridized carbons (Fsp3) is 0.550. The van der Waals surface area contributed by atoms with Crippen LogP contribution >= 0.6 is 0 Å². The standard InChI is InChI=1S/C20H14F15NO5/c21-14(22,15(23,24)16(25,26)17(27,28)18(29,30)19(31,32)20(33,34)35)13(40)36-10(12(38)39)6-7-11(37)41-8-9-4-2-1-3-5-9/h1-5,10H,6-8H2,(H,36,40)(H,38,39). The van der Waals surface area contributed by atoms with Crippen LogP contribution in [0.1, 0.15) is 18.4 Å². The van der Waals surface area contributed by atoms with Gasteiger partial charge in [-0.25, -0.2) is 4.79 Å². The molecule has 2 N–H and O–H groups in total. The average Bonchev–Trinajstić information content (AvgIpc) is 2.84. The number of hydrogen-bond acceptors (Lipinski definition) is 4. The molecule has 0 radical (unpaired) electrons. The summed E-state index contributed by atoms with van der Waals surface area (Å²) in [7, 11) is 0. The van der Waals surface area contributed by atoms with E-state index < -0.39 is 85.0 Å². The Hall–Kier alpha value is -3.42. The number of halogens is 15. The summed E-state index contributed by atoms with van der Waals surface area (Å²) in [6.07, 6.45) is -10.2. The molecule has 41 heavy (non-hydrogen) atoms. The Balaban J connectivity index is 3.18. The third-order valence-corrected chi connectivity index (χ3v) is 5.10. The molecule has 0 fully saturated rings. The number of benzene rings is 1. The van der Waals surface area contributed by atoms with Crippen molar-refractivity contribution in [1.29, 1.82) is 0 Å². The summed E-state index contributed by atoms with van der Waals surface area (Å²) in [4.78, 5) is 34.4. The maximum atomic E-state index is 14.0. The first-order valence-corrected chi connectivity index (χ1v) is 10.3. The molecule has 1 rings (SSSR count). The van der Waals surface area contributed by atoms with Crippen LogP contribution in [0.5, 0.6) is 0 Å². The van der Waals surface area contributed by atoms with Crippen molar-refractivity contribution in [2.75, 3.05) is 0 Å². The zero-order chi connectivity index (χ0) is 32.5. The molecular weight excluding hydrogens is 619 g/mol. The molecule has 0 aliphatic rings. The van der Waals surface area contributed by atoms with Crippen LogP contribution < -0.4 is 5.32 Å². The third kappa shape index (κ3) is 6.41. The van der Waals surface area contributed by atoms with Crippen molar-refractivity contribution in [1.82, 2.24) is 5.32 Å². The maximum absolute atomic E-state index is 14.0. The van der Waals surface area contributed by atoms with Gasteiger partial charge in [-0.3, -0.25) is 9.59 Å². The molecule has 6 nitrogen and oxygen atoms in total. The molecule has 21 heteroatoms. The number of amides is 1. The molecule has 1 atom stereocenters. The lowest BCUT2D eigenvalue weighted by Gasteiger charge is -2.41. The highest BCUT2D eigenvalue weighted by Crippen LogP contribution is 2.62. The molecule has 0 bridgehead atoms. The topological polar surface area (TPSA) is 92.7 Å². The van der Waals surface area contributed by atoms with E-state index in [1.165, 1.54) is 24.3 Å². The fourth-order valence-corrected chi connectivity index (χ4v) is 2.69. The van der Waals surface area contributed by atoms with E-state index in [1.807, 2.05) is 0 Å². The second-order valence-electron chi connectivity index (χ2n) is 7.99. The second kappa shape index (κ2) is 11.5. The van der Waals surface area contributed by atoms with Crippen LogP contribution in [0.2, 0.25) is 0 Å². The number of esters is 1. The van der Waals surface area contributed by atoms with Crippen LogP contribution in [0.3, 0.4) is 0 Å². The highest BCUT2D eigenvalue weighted by atomic mass is 19.4. The Labute approximate surface area is 217 Å². The van der Waals surface area contributed by atoms with Crippen molar-refractivity contribution >= 4 is 17.8 Å². The van der Waals surface area contributed by atoms with E-state index >= 15 is 0 Å². The zero-order valence-electron chi connectivity index (χ0n) is 19.3. The van der Waals surface area contributed by atoms with Gasteiger partial charge in [0, 0.05) is 6.42 Å². The smallest absolute Gasteiger partial charge is 0.460 e. The Morgan fingerprint density at radius 2 is 1.15 bits per heavy atom. The summed E-state index contributed by atoms with van der Waals surface area (Å²) in [5.41, 5.74) is 0.377. The monoisotopic (exact) mass is 633 g/mol.